The molecule has 33 heavy (non-hydrogen) atoms. The van der Waals surface area contributed by atoms with E-state index in [0.29, 0.717) is 25.7 Å². The van der Waals surface area contributed by atoms with Gasteiger partial charge in [-0.3, -0.25) is 14.4 Å². The molecule has 0 bridgehead atoms. The minimum absolute atomic E-state index is 0.0400. The number of carboxylic acid groups (broad SMARTS) is 1. The molecule has 2 rings (SSSR count). The number of hydrogen-bond acceptors (Lipinski definition) is 5. The van der Waals surface area contributed by atoms with Crippen molar-refractivity contribution < 1.29 is 37.7 Å². The molecule has 4 atom stereocenters. The van der Waals surface area contributed by atoms with E-state index in [9.17, 15) is 23.2 Å². The third-order valence-corrected chi connectivity index (χ3v) is 6.02. The molecule has 6 nitrogen and oxygen atoms in total. The van der Waals surface area contributed by atoms with Crippen LogP contribution in [0.2, 0.25) is 0 Å². The van der Waals surface area contributed by atoms with Crippen LogP contribution in [0.3, 0.4) is 0 Å². The number of ketones is 2. The number of ether oxygens (including phenoxy) is 2. The summed E-state index contributed by atoms with van der Waals surface area (Å²) in [5, 5.41) is 8.70. The Bertz CT molecular complexity index is 758. The summed E-state index contributed by atoms with van der Waals surface area (Å²) in [6, 6.07) is 0. The van der Waals surface area contributed by atoms with Gasteiger partial charge in [0.2, 0.25) is 12.1 Å². The normalized spacial score (nSPS) is 25.0. The Balaban J connectivity index is 1.97. The number of alkyl halides is 2. The Morgan fingerprint density at radius 2 is 2.03 bits per heavy atom. The van der Waals surface area contributed by atoms with Gasteiger partial charge in [0.05, 0.1) is 12.4 Å². The second kappa shape index (κ2) is 13.4. The van der Waals surface area contributed by atoms with Crippen LogP contribution in [0.25, 0.3) is 0 Å². The number of unbranched alkanes of at least 4 members (excludes halogenated alkanes) is 1. The van der Waals surface area contributed by atoms with Crippen molar-refractivity contribution >= 4 is 17.5 Å². The van der Waals surface area contributed by atoms with Crippen molar-refractivity contribution in [3.63, 3.8) is 0 Å². The molecule has 1 fully saturated rings. The number of carboxylic acids is 1. The second-order valence-electron chi connectivity index (χ2n) is 8.60. The predicted molar refractivity (Wildman–Crippen MR) is 119 cm³/mol. The fourth-order valence-electron chi connectivity index (χ4n) is 4.33. The van der Waals surface area contributed by atoms with E-state index in [0.717, 1.165) is 0 Å². The van der Waals surface area contributed by atoms with Crippen molar-refractivity contribution in [2.45, 2.75) is 89.4 Å². The first-order valence-corrected chi connectivity index (χ1v) is 11.7. The van der Waals surface area contributed by atoms with Gasteiger partial charge >= 0.3 is 11.9 Å². The predicted octanol–water partition coefficient (Wildman–Crippen LogP) is 5.38. The number of hydrogen-bond donors (Lipinski definition) is 1. The average molecular weight is 469 g/mol. The van der Waals surface area contributed by atoms with Crippen molar-refractivity contribution in [2.24, 2.45) is 11.8 Å². The molecule has 184 valence electrons. The van der Waals surface area contributed by atoms with E-state index in [2.05, 4.69) is 0 Å². The zero-order chi connectivity index (χ0) is 24.3. The van der Waals surface area contributed by atoms with Crippen LogP contribution < -0.4 is 0 Å². The summed E-state index contributed by atoms with van der Waals surface area (Å²) in [6.45, 7) is 1.62. The number of Topliss-reactive ketones (excluding diaryl/α,β-unsaturated/α-hetero) is 2. The maximum absolute atomic E-state index is 13.9. The average Bonchev–Trinajstić information content (AvgIpc) is 3.05. The highest BCUT2D eigenvalue weighted by Gasteiger charge is 2.43. The molecule has 0 saturated heterocycles. The molecule has 1 N–H and O–H groups in total. The summed E-state index contributed by atoms with van der Waals surface area (Å²) in [4.78, 5) is 35.3. The van der Waals surface area contributed by atoms with Crippen LogP contribution in [0.4, 0.5) is 8.78 Å². The largest absolute Gasteiger partial charge is 0.481 e. The van der Waals surface area contributed by atoms with E-state index >= 15 is 0 Å². The van der Waals surface area contributed by atoms with E-state index in [1.165, 1.54) is 6.26 Å². The quantitative estimate of drug-likeness (QED) is 0.256. The summed E-state index contributed by atoms with van der Waals surface area (Å²) in [6.07, 6.45) is 11.6. The summed E-state index contributed by atoms with van der Waals surface area (Å²) in [7, 11) is 0. The summed E-state index contributed by atoms with van der Waals surface area (Å²) in [5.74, 6) is -5.71. The first-order valence-electron chi connectivity index (χ1n) is 11.7. The maximum atomic E-state index is 13.9. The van der Waals surface area contributed by atoms with Crippen LogP contribution >= 0.6 is 0 Å². The Hall–Kier alpha value is -2.35. The molecule has 1 aliphatic carbocycles. The number of carbonyl (C=O) groups is 3. The first-order chi connectivity index (χ1) is 15.7. The minimum Gasteiger partial charge on any atom is -0.481 e. The van der Waals surface area contributed by atoms with Crippen molar-refractivity contribution in [3.8, 4) is 0 Å². The maximum Gasteiger partial charge on any atom is 0.305 e. The van der Waals surface area contributed by atoms with Gasteiger partial charge < -0.3 is 14.6 Å². The van der Waals surface area contributed by atoms with Crippen LogP contribution in [0.5, 0.6) is 0 Å². The molecule has 1 heterocycles. The van der Waals surface area contributed by atoms with Crippen molar-refractivity contribution in [3.05, 3.63) is 36.6 Å². The second-order valence-corrected chi connectivity index (χ2v) is 8.60. The molecule has 0 amide bonds. The highest BCUT2D eigenvalue weighted by atomic mass is 19.3. The van der Waals surface area contributed by atoms with Crippen LogP contribution in [-0.2, 0) is 23.9 Å². The number of halogens is 2. The SMILES string of the molecule is CCCC(F)(F)C(=O)CCCC1[C@H](O[C@@H]2C=CC=CO2)CC(=O)[C@@H]1C/C=C\CCCC(=O)O. The molecule has 1 aliphatic heterocycles. The molecule has 8 heteroatoms. The van der Waals surface area contributed by atoms with E-state index in [4.69, 9.17) is 14.6 Å². The summed E-state index contributed by atoms with van der Waals surface area (Å²) in [5.41, 5.74) is 0. The summed E-state index contributed by atoms with van der Waals surface area (Å²) < 4.78 is 39.1. The number of aliphatic carboxylic acids is 1. The molecule has 0 aromatic carbocycles. The Morgan fingerprint density at radius 1 is 1.24 bits per heavy atom. The fourth-order valence-corrected chi connectivity index (χ4v) is 4.33. The zero-order valence-electron chi connectivity index (χ0n) is 19.1. The van der Waals surface area contributed by atoms with Gasteiger partial charge in [0.25, 0.3) is 0 Å². The highest BCUT2D eigenvalue weighted by Crippen LogP contribution is 2.39. The van der Waals surface area contributed by atoms with E-state index in [1.54, 1.807) is 25.2 Å². The molecule has 0 aromatic rings. The van der Waals surface area contributed by atoms with E-state index in [1.807, 2.05) is 12.2 Å². The minimum atomic E-state index is -3.30. The molecule has 1 saturated carbocycles. The third kappa shape index (κ3) is 8.84. The monoisotopic (exact) mass is 468 g/mol. The molecular weight excluding hydrogens is 434 g/mol. The number of rotatable bonds is 15. The number of carbonyl (C=O) groups excluding carboxylic acids is 2. The summed E-state index contributed by atoms with van der Waals surface area (Å²) >= 11 is 0. The molecule has 0 spiro atoms. The third-order valence-electron chi connectivity index (χ3n) is 6.02. The van der Waals surface area contributed by atoms with Gasteiger partial charge in [0.15, 0.2) is 0 Å². The van der Waals surface area contributed by atoms with Crippen molar-refractivity contribution in [1.82, 2.24) is 0 Å². The van der Waals surface area contributed by atoms with Crippen molar-refractivity contribution in [2.75, 3.05) is 0 Å². The lowest BCUT2D eigenvalue weighted by atomic mass is 9.86. The highest BCUT2D eigenvalue weighted by molar-refractivity contribution is 5.86. The topological polar surface area (TPSA) is 89.9 Å². The molecule has 2 aliphatic rings. The van der Waals surface area contributed by atoms with E-state index < -0.39 is 36.5 Å². The van der Waals surface area contributed by atoms with Crippen LogP contribution in [-0.4, -0.2) is 41.0 Å². The van der Waals surface area contributed by atoms with Gasteiger partial charge in [-0.05, 0) is 56.6 Å². The molecular formula is C25H34F2O6. The molecule has 0 aromatic heterocycles. The van der Waals surface area contributed by atoms with Gasteiger partial charge in [-0.15, -0.1) is 0 Å². The smallest absolute Gasteiger partial charge is 0.305 e. The lowest BCUT2D eigenvalue weighted by Gasteiger charge is -2.27. The van der Waals surface area contributed by atoms with Gasteiger partial charge in [-0.25, -0.2) is 0 Å². The van der Waals surface area contributed by atoms with Crippen LogP contribution in [0.15, 0.2) is 36.6 Å². The molecule has 1 unspecified atom stereocenters. The lowest BCUT2D eigenvalue weighted by molar-refractivity contribution is -0.144. The van der Waals surface area contributed by atoms with Gasteiger partial charge in [-0.2, -0.15) is 8.78 Å². The van der Waals surface area contributed by atoms with Crippen LogP contribution in [0, 0.1) is 11.8 Å². The lowest BCUT2D eigenvalue weighted by Crippen LogP contribution is -2.30. The number of allylic oxidation sites excluding steroid dienone is 4. The zero-order valence-corrected chi connectivity index (χ0v) is 19.1. The standard InChI is InChI=1S/C25H34F2O6/c1-2-15-25(26,27)22(29)12-9-11-19-18(10-5-3-4-6-13-23(30)31)20(28)17-21(19)33-24-14-7-8-16-32-24/h3,5,7-8,14,16,18-19,21,24H,2,4,6,9-13,15,17H2,1H3,(H,30,31)/b5-3-/t18-,19?,21-,24-/m1/s1. The Kier molecular flexibility index (Phi) is 10.9. The fraction of sp³-hybridized carbons (Fsp3) is 0.640. The van der Waals surface area contributed by atoms with Gasteiger partial charge in [-0.1, -0.05) is 25.2 Å². The van der Waals surface area contributed by atoms with Crippen molar-refractivity contribution in [1.29, 1.82) is 0 Å². The Morgan fingerprint density at radius 3 is 2.70 bits per heavy atom. The van der Waals surface area contributed by atoms with Crippen LogP contribution in [0.1, 0.15) is 71.1 Å². The van der Waals surface area contributed by atoms with E-state index in [-0.39, 0.29) is 49.7 Å². The first kappa shape index (κ1) is 26.9. The van der Waals surface area contributed by atoms with Gasteiger partial charge in [0, 0.05) is 31.6 Å². The molecule has 0 radical (unpaired) electrons. The van der Waals surface area contributed by atoms with Gasteiger partial charge in [0.1, 0.15) is 5.78 Å². The Labute approximate surface area is 193 Å².